The highest BCUT2D eigenvalue weighted by molar-refractivity contribution is 14.1. The maximum Gasteiger partial charge on any atom is 0.147 e. The van der Waals surface area contributed by atoms with Crippen molar-refractivity contribution in [2.45, 2.75) is 0 Å². The van der Waals surface area contributed by atoms with Crippen molar-refractivity contribution in [1.29, 1.82) is 0 Å². The quantitative estimate of drug-likeness (QED) is 0.582. The van der Waals surface area contributed by atoms with Crippen molar-refractivity contribution in [2.24, 2.45) is 0 Å². The smallest absolute Gasteiger partial charge is 0.147 e. The van der Waals surface area contributed by atoms with Crippen LogP contribution in [0.15, 0.2) is 24.7 Å². The lowest BCUT2D eigenvalue weighted by Gasteiger charge is -2.09. The van der Waals surface area contributed by atoms with Crippen LogP contribution in [0.25, 0.3) is 0 Å². The van der Waals surface area contributed by atoms with Crippen molar-refractivity contribution in [3.63, 3.8) is 0 Å². The van der Waals surface area contributed by atoms with Crippen LogP contribution in [0, 0.1) is 3.57 Å². The Morgan fingerprint density at radius 3 is 2.47 bits per heavy atom. The topological polar surface area (TPSA) is 37.8 Å². The highest BCUT2D eigenvalue weighted by Crippen LogP contribution is 2.34. The van der Waals surface area contributed by atoms with Gasteiger partial charge in [-0.05, 0) is 34.7 Å². The molecule has 0 spiro atoms. The van der Waals surface area contributed by atoms with Gasteiger partial charge in [-0.15, -0.1) is 0 Å². The lowest BCUT2D eigenvalue weighted by molar-refractivity contribution is 1.15. The Hall–Kier alpha value is -0.300. The summed E-state index contributed by atoms with van der Waals surface area (Å²) in [5.74, 6) is 0.667. The van der Waals surface area contributed by atoms with E-state index in [1.54, 1.807) is 18.3 Å². The minimum atomic E-state index is 0.416. The number of benzene rings is 1. The number of nitrogens with one attached hydrogen (secondary N) is 1. The van der Waals surface area contributed by atoms with E-state index in [0.29, 0.717) is 26.6 Å². The molecule has 2 rings (SSSR count). The van der Waals surface area contributed by atoms with Gasteiger partial charge in [0.1, 0.15) is 12.1 Å². The zero-order valence-corrected chi connectivity index (χ0v) is 12.6. The first-order chi connectivity index (χ1) is 8.08. The zero-order chi connectivity index (χ0) is 12.4. The second-order valence-corrected chi connectivity index (χ2v) is 5.47. The zero-order valence-electron chi connectivity index (χ0n) is 8.22. The van der Waals surface area contributed by atoms with Crippen LogP contribution in [0.4, 0.5) is 11.5 Å². The average Bonchev–Trinajstić information content (AvgIpc) is 2.29. The summed E-state index contributed by atoms with van der Waals surface area (Å²) >= 11 is 20.0. The summed E-state index contributed by atoms with van der Waals surface area (Å²) in [5.41, 5.74) is 0.651. The standard InChI is InChI=1S/C10H5Cl3IN3/c11-5-1-7(13)9(2-6(5)12)17-10-8(14)3-15-4-16-10/h1-4H,(H,15,16,17). The molecule has 17 heavy (non-hydrogen) atoms. The number of rotatable bonds is 2. The maximum absolute atomic E-state index is 6.05. The van der Waals surface area contributed by atoms with E-state index in [2.05, 4.69) is 37.9 Å². The van der Waals surface area contributed by atoms with Crippen LogP contribution in [-0.4, -0.2) is 9.97 Å². The molecule has 0 bridgehead atoms. The van der Waals surface area contributed by atoms with Gasteiger partial charge in [-0.25, -0.2) is 9.97 Å². The fraction of sp³-hybridized carbons (Fsp3) is 0. The van der Waals surface area contributed by atoms with E-state index in [0.717, 1.165) is 3.57 Å². The van der Waals surface area contributed by atoms with Crippen LogP contribution in [0.3, 0.4) is 0 Å². The van der Waals surface area contributed by atoms with E-state index < -0.39 is 0 Å². The van der Waals surface area contributed by atoms with Crippen LogP contribution in [0.5, 0.6) is 0 Å². The molecular formula is C10H5Cl3IN3. The lowest BCUT2D eigenvalue weighted by Crippen LogP contribution is -1.97. The Bertz CT molecular complexity index is 562. The summed E-state index contributed by atoms with van der Waals surface area (Å²) in [7, 11) is 0. The SMILES string of the molecule is Clc1cc(Cl)c(Nc2ncncc2I)cc1Cl. The molecule has 0 radical (unpaired) electrons. The largest absolute Gasteiger partial charge is 0.338 e. The van der Waals surface area contributed by atoms with Crippen LogP contribution in [0.2, 0.25) is 15.1 Å². The summed E-state index contributed by atoms with van der Waals surface area (Å²) in [6.07, 6.45) is 3.15. The van der Waals surface area contributed by atoms with E-state index in [-0.39, 0.29) is 0 Å². The van der Waals surface area contributed by atoms with Crippen LogP contribution >= 0.6 is 57.4 Å². The van der Waals surface area contributed by atoms with Crippen molar-refractivity contribution in [3.05, 3.63) is 43.3 Å². The maximum atomic E-state index is 6.05. The molecular weight excluding hydrogens is 395 g/mol. The van der Waals surface area contributed by atoms with Gasteiger partial charge in [-0.1, -0.05) is 34.8 Å². The molecule has 1 aromatic heterocycles. The molecule has 0 saturated carbocycles. The fourth-order valence-electron chi connectivity index (χ4n) is 1.15. The summed E-state index contributed by atoms with van der Waals surface area (Å²) in [6, 6.07) is 3.24. The third-order valence-electron chi connectivity index (χ3n) is 1.93. The number of nitrogens with zero attached hydrogens (tertiary/aromatic N) is 2. The normalized spacial score (nSPS) is 10.4. The first-order valence-corrected chi connectivity index (χ1v) is 6.66. The molecule has 0 atom stereocenters. The summed E-state index contributed by atoms with van der Waals surface area (Å²) < 4.78 is 0.882. The Morgan fingerprint density at radius 2 is 1.76 bits per heavy atom. The van der Waals surface area contributed by atoms with Crippen molar-refractivity contribution in [1.82, 2.24) is 9.97 Å². The number of aromatic nitrogens is 2. The van der Waals surface area contributed by atoms with E-state index in [4.69, 9.17) is 34.8 Å². The summed E-state index contributed by atoms with van der Waals surface area (Å²) in [6.45, 7) is 0. The first-order valence-electron chi connectivity index (χ1n) is 4.45. The lowest BCUT2D eigenvalue weighted by atomic mass is 10.3. The van der Waals surface area contributed by atoms with E-state index in [9.17, 15) is 0 Å². The fourth-order valence-corrected chi connectivity index (χ4v) is 2.18. The Morgan fingerprint density at radius 1 is 1.06 bits per heavy atom. The molecule has 3 nitrogen and oxygen atoms in total. The van der Waals surface area contributed by atoms with Gasteiger partial charge in [0, 0.05) is 6.20 Å². The molecule has 0 aliphatic heterocycles. The molecule has 0 fully saturated rings. The molecule has 2 aromatic rings. The molecule has 1 N–H and O–H groups in total. The van der Waals surface area contributed by atoms with Crippen LogP contribution < -0.4 is 5.32 Å². The Kier molecular flexibility index (Phi) is 4.30. The molecule has 0 aliphatic carbocycles. The van der Waals surface area contributed by atoms with Crippen molar-refractivity contribution >= 4 is 68.9 Å². The highest BCUT2D eigenvalue weighted by atomic mass is 127. The molecule has 7 heteroatoms. The first kappa shape index (κ1) is 13.1. The number of anilines is 2. The summed E-state index contributed by atoms with van der Waals surface area (Å²) in [5, 5.41) is 4.40. The average molecular weight is 400 g/mol. The minimum absolute atomic E-state index is 0.416. The third-order valence-corrected chi connectivity index (χ3v) is 3.75. The molecule has 88 valence electrons. The predicted molar refractivity (Wildman–Crippen MR) is 79.5 cm³/mol. The molecule has 1 aromatic carbocycles. The van der Waals surface area contributed by atoms with Crippen molar-refractivity contribution in [3.8, 4) is 0 Å². The van der Waals surface area contributed by atoms with Gasteiger partial charge in [0.05, 0.1) is 24.3 Å². The Labute approximate surface area is 127 Å². The van der Waals surface area contributed by atoms with Gasteiger partial charge in [0.15, 0.2) is 0 Å². The number of hydrogen-bond acceptors (Lipinski definition) is 3. The predicted octanol–water partition coefficient (Wildman–Crippen LogP) is 4.79. The number of halogens is 4. The van der Waals surface area contributed by atoms with Gasteiger partial charge in [0.2, 0.25) is 0 Å². The monoisotopic (exact) mass is 399 g/mol. The highest BCUT2D eigenvalue weighted by Gasteiger charge is 2.08. The van der Waals surface area contributed by atoms with Gasteiger partial charge >= 0.3 is 0 Å². The van der Waals surface area contributed by atoms with E-state index in [1.807, 2.05) is 0 Å². The van der Waals surface area contributed by atoms with E-state index >= 15 is 0 Å². The number of hydrogen-bond donors (Lipinski definition) is 1. The van der Waals surface area contributed by atoms with Gasteiger partial charge in [0.25, 0.3) is 0 Å². The van der Waals surface area contributed by atoms with E-state index in [1.165, 1.54) is 6.33 Å². The minimum Gasteiger partial charge on any atom is -0.338 e. The molecule has 0 unspecified atom stereocenters. The molecule has 0 saturated heterocycles. The van der Waals surface area contributed by atoms with Gasteiger partial charge < -0.3 is 5.32 Å². The second kappa shape index (κ2) is 5.56. The van der Waals surface area contributed by atoms with Crippen LogP contribution in [0.1, 0.15) is 0 Å². The van der Waals surface area contributed by atoms with Crippen molar-refractivity contribution < 1.29 is 0 Å². The third kappa shape index (κ3) is 3.13. The molecule has 0 aliphatic rings. The Balaban J connectivity index is 2.37. The summed E-state index contributed by atoms with van der Waals surface area (Å²) in [4.78, 5) is 8.00. The van der Waals surface area contributed by atoms with Gasteiger partial charge in [-0.3, -0.25) is 0 Å². The second-order valence-electron chi connectivity index (χ2n) is 3.09. The van der Waals surface area contributed by atoms with Gasteiger partial charge in [-0.2, -0.15) is 0 Å². The molecule has 0 amide bonds. The molecule has 1 heterocycles. The van der Waals surface area contributed by atoms with Crippen LogP contribution in [-0.2, 0) is 0 Å². The van der Waals surface area contributed by atoms with Crippen molar-refractivity contribution in [2.75, 3.05) is 5.32 Å².